The maximum absolute atomic E-state index is 9.19. The fourth-order valence-electron chi connectivity index (χ4n) is 1.09. The second kappa shape index (κ2) is 2.90. The molecule has 60 valence electrons. The third kappa shape index (κ3) is 1.36. The zero-order valence-corrected chi connectivity index (χ0v) is 8.32. The highest BCUT2D eigenvalue weighted by Crippen LogP contribution is 2.19. The van der Waals surface area contributed by atoms with E-state index in [0.29, 0.717) is 0 Å². The monoisotopic (exact) mass is 271 g/mol. The van der Waals surface area contributed by atoms with E-state index < -0.39 is 0 Å². The van der Waals surface area contributed by atoms with Crippen LogP contribution in [0.3, 0.4) is 0 Å². The molecule has 0 bridgehead atoms. The van der Waals surface area contributed by atoms with E-state index in [0.717, 1.165) is 14.5 Å². The van der Waals surface area contributed by atoms with Gasteiger partial charge in [0.1, 0.15) is 5.75 Å². The van der Waals surface area contributed by atoms with E-state index in [4.69, 9.17) is 0 Å². The predicted octanol–water partition coefficient (Wildman–Crippen LogP) is 2.55. The molecule has 3 heteroatoms. The molecule has 0 fully saturated rings. The Bertz CT molecular complexity index is 391. The molecule has 2 rings (SSSR count). The number of benzene rings is 1. The molecule has 0 unspecified atom stereocenters. The van der Waals surface area contributed by atoms with Crippen molar-refractivity contribution >= 4 is 33.5 Å². The summed E-state index contributed by atoms with van der Waals surface area (Å²) in [5.74, 6) is 0.284. The van der Waals surface area contributed by atoms with Crippen LogP contribution in [0.2, 0.25) is 0 Å². The summed E-state index contributed by atoms with van der Waals surface area (Å²) in [6.45, 7) is 0. The molecule has 0 aliphatic heterocycles. The van der Waals surface area contributed by atoms with Crippen LogP contribution in [0.5, 0.6) is 5.75 Å². The molecule has 0 aliphatic carbocycles. The summed E-state index contributed by atoms with van der Waals surface area (Å²) in [5, 5.41) is 10.2. The van der Waals surface area contributed by atoms with Crippen LogP contribution in [0.4, 0.5) is 0 Å². The SMILES string of the molecule is Oc1ccc2ncc(I)cc2c1. The van der Waals surface area contributed by atoms with E-state index in [9.17, 15) is 5.11 Å². The minimum atomic E-state index is 0.284. The average molecular weight is 271 g/mol. The number of halogens is 1. The maximum Gasteiger partial charge on any atom is 0.116 e. The average Bonchev–Trinajstić information content (AvgIpc) is 2.03. The number of hydrogen-bond donors (Lipinski definition) is 1. The van der Waals surface area contributed by atoms with Gasteiger partial charge < -0.3 is 5.11 Å². The minimum absolute atomic E-state index is 0.284. The van der Waals surface area contributed by atoms with E-state index in [1.54, 1.807) is 24.4 Å². The molecule has 0 radical (unpaired) electrons. The number of aromatic hydroxyl groups is 1. The van der Waals surface area contributed by atoms with Gasteiger partial charge in [0.15, 0.2) is 0 Å². The molecular formula is C9H6INO. The third-order valence-corrected chi connectivity index (χ3v) is 2.22. The van der Waals surface area contributed by atoms with Crippen molar-refractivity contribution in [3.63, 3.8) is 0 Å². The molecule has 0 aliphatic rings. The third-order valence-electron chi connectivity index (χ3n) is 1.63. The Hall–Kier alpha value is -0.840. The predicted molar refractivity (Wildman–Crippen MR) is 56.1 cm³/mol. The number of fused-ring (bicyclic) bond motifs is 1. The minimum Gasteiger partial charge on any atom is -0.508 e. The van der Waals surface area contributed by atoms with Gasteiger partial charge in [0, 0.05) is 15.2 Å². The largest absolute Gasteiger partial charge is 0.508 e. The first-order valence-electron chi connectivity index (χ1n) is 3.50. The Morgan fingerprint density at radius 1 is 1.25 bits per heavy atom. The summed E-state index contributed by atoms with van der Waals surface area (Å²) < 4.78 is 1.07. The molecule has 12 heavy (non-hydrogen) atoms. The second-order valence-corrected chi connectivity index (χ2v) is 3.78. The molecule has 0 saturated carbocycles. The molecule has 1 heterocycles. The summed E-state index contributed by atoms with van der Waals surface area (Å²) in [4.78, 5) is 4.20. The molecule has 0 amide bonds. The molecular weight excluding hydrogens is 265 g/mol. The molecule has 2 nitrogen and oxygen atoms in total. The van der Waals surface area contributed by atoms with Crippen molar-refractivity contribution in [2.75, 3.05) is 0 Å². The highest BCUT2D eigenvalue weighted by molar-refractivity contribution is 14.1. The van der Waals surface area contributed by atoms with Crippen LogP contribution in [0.15, 0.2) is 30.5 Å². The lowest BCUT2D eigenvalue weighted by molar-refractivity contribution is 0.476. The maximum atomic E-state index is 9.19. The van der Waals surface area contributed by atoms with Gasteiger partial charge in [-0.1, -0.05) is 0 Å². The van der Waals surface area contributed by atoms with Crippen molar-refractivity contribution < 1.29 is 5.11 Å². The lowest BCUT2D eigenvalue weighted by Crippen LogP contribution is -1.79. The summed E-state index contributed by atoms with van der Waals surface area (Å²) in [6, 6.07) is 7.15. The van der Waals surface area contributed by atoms with Crippen molar-refractivity contribution in [3.05, 3.63) is 34.0 Å². The standard InChI is InChI=1S/C9H6INO/c10-7-3-6-4-8(12)1-2-9(6)11-5-7/h1-5,12H. The van der Waals surface area contributed by atoms with Crippen LogP contribution in [0.25, 0.3) is 10.9 Å². The quantitative estimate of drug-likeness (QED) is 0.747. The number of rotatable bonds is 0. The molecule has 0 saturated heterocycles. The summed E-state index contributed by atoms with van der Waals surface area (Å²) >= 11 is 2.20. The lowest BCUT2D eigenvalue weighted by Gasteiger charge is -1.97. The van der Waals surface area contributed by atoms with E-state index >= 15 is 0 Å². The van der Waals surface area contributed by atoms with Gasteiger partial charge in [-0.15, -0.1) is 0 Å². The number of phenols is 1. The zero-order chi connectivity index (χ0) is 8.55. The van der Waals surface area contributed by atoms with E-state index in [1.165, 1.54) is 0 Å². The molecule has 0 atom stereocenters. The Morgan fingerprint density at radius 2 is 2.08 bits per heavy atom. The van der Waals surface area contributed by atoms with Gasteiger partial charge in [-0.3, -0.25) is 4.98 Å². The van der Waals surface area contributed by atoms with Crippen LogP contribution >= 0.6 is 22.6 Å². The Morgan fingerprint density at radius 3 is 2.92 bits per heavy atom. The normalized spacial score (nSPS) is 10.4. The molecule has 1 N–H and O–H groups in total. The fourth-order valence-corrected chi connectivity index (χ4v) is 1.57. The molecule has 1 aromatic carbocycles. The Kier molecular flexibility index (Phi) is 1.88. The van der Waals surface area contributed by atoms with Crippen molar-refractivity contribution in [2.24, 2.45) is 0 Å². The topological polar surface area (TPSA) is 33.1 Å². The number of phenolic OH excluding ortho intramolecular Hbond substituents is 1. The highest BCUT2D eigenvalue weighted by atomic mass is 127. The van der Waals surface area contributed by atoms with Gasteiger partial charge in [-0.25, -0.2) is 0 Å². The fraction of sp³-hybridized carbons (Fsp3) is 0. The number of aromatic nitrogens is 1. The molecule has 1 aromatic heterocycles. The lowest BCUT2D eigenvalue weighted by atomic mass is 10.2. The zero-order valence-electron chi connectivity index (χ0n) is 6.16. The van der Waals surface area contributed by atoms with Crippen molar-refractivity contribution in [1.29, 1.82) is 0 Å². The van der Waals surface area contributed by atoms with Crippen molar-refractivity contribution in [3.8, 4) is 5.75 Å². The first-order chi connectivity index (χ1) is 5.75. The summed E-state index contributed by atoms with van der Waals surface area (Å²) in [6.07, 6.45) is 1.81. The van der Waals surface area contributed by atoms with Crippen LogP contribution < -0.4 is 0 Å². The van der Waals surface area contributed by atoms with Gasteiger partial charge in [0.2, 0.25) is 0 Å². The van der Waals surface area contributed by atoms with E-state index in [1.807, 2.05) is 6.07 Å². The first-order valence-corrected chi connectivity index (χ1v) is 4.58. The van der Waals surface area contributed by atoms with E-state index in [-0.39, 0.29) is 5.75 Å². The first kappa shape index (κ1) is 7.79. The van der Waals surface area contributed by atoms with E-state index in [2.05, 4.69) is 27.6 Å². The van der Waals surface area contributed by atoms with Crippen LogP contribution in [0.1, 0.15) is 0 Å². The van der Waals surface area contributed by atoms with Crippen LogP contribution in [0, 0.1) is 3.57 Å². The Labute approximate surface area is 83.4 Å². The number of hydrogen-bond acceptors (Lipinski definition) is 2. The van der Waals surface area contributed by atoms with Gasteiger partial charge >= 0.3 is 0 Å². The number of pyridine rings is 1. The van der Waals surface area contributed by atoms with Crippen molar-refractivity contribution in [1.82, 2.24) is 4.98 Å². The van der Waals surface area contributed by atoms with Crippen molar-refractivity contribution in [2.45, 2.75) is 0 Å². The smallest absolute Gasteiger partial charge is 0.116 e. The van der Waals surface area contributed by atoms with Gasteiger partial charge in [0.25, 0.3) is 0 Å². The molecule has 0 spiro atoms. The second-order valence-electron chi connectivity index (χ2n) is 2.53. The Balaban J connectivity index is 2.80. The van der Waals surface area contributed by atoms with Gasteiger partial charge in [0.05, 0.1) is 5.52 Å². The number of nitrogens with zero attached hydrogens (tertiary/aromatic N) is 1. The van der Waals surface area contributed by atoms with Crippen LogP contribution in [-0.2, 0) is 0 Å². The summed E-state index contributed by atoms with van der Waals surface area (Å²) in [5.41, 5.74) is 0.910. The highest BCUT2D eigenvalue weighted by Gasteiger charge is 1.96. The van der Waals surface area contributed by atoms with Crippen LogP contribution in [-0.4, -0.2) is 10.1 Å². The summed E-state index contributed by atoms with van der Waals surface area (Å²) in [7, 11) is 0. The van der Waals surface area contributed by atoms with Gasteiger partial charge in [-0.2, -0.15) is 0 Å². The molecule has 2 aromatic rings. The van der Waals surface area contributed by atoms with Gasteiger partial charge in [-0.05, 0) is 46.9 Å².